The number of hydrogen-bond acceptors (Lipinski definition) is 2. The molecule has 2 nitrogen and oxygen atoms in total. The monoisotopic (exact) mass is 361 g/mol. The number of thiazole rings is 1. The Kier molecular flexibility index (Phi) is 5.16. The van der Waals surface area contributed by atoms with E-state index in [2.05, 4.69) is 76.7 Å². The predicted molar refractivity (Wildman–Crippen MR) is 114 cm³/mol. The summed E-state index contributed by atoms with van der Waals surface area (Å²) in [6.45, 7) is 7.13. The van der Waals surface area contributed by atoms with Gasteiger partial charge in [-0.3, -0.25) is 0 Å². The highest BCUT2D eigenvalue weighted by Crippen LogP contribution is 2.23. The van der Waals surface area contributed by atoms with Crippen molar-refractivity contribution in [3.05, 3.63) is 71.8 Å². The summed E-state index contributed by atoms with van der Waals surface area (Å²) in [5.41, 5.74) is 3.87. The fourth-order valence-corrected chi connectivity index (χ4v) is 4.68. The Hall–Kier alpha value is -2.39. The van der Waals surface area contributed by atoms with Gasteiger partial charge in [0.1, 0.15) is 4.70 Å². The number of fused-ring (bicyclic) bond motifs is 1. The Morgan fingerprint density at radius 2 is 1.73 bits per heavy atom. The molecule has 0 saturated carbocycles. The standard InChI is InChI=1S/C23H25N2S/c1-2-16-25-21-8-4-5-9-22(21)26-23(25)15-12-19-10-13-20(14-11-19)24-17-6-3-7-18-24/h2,4-5,8-15H,1,3,6-7,16-18H2/q+1. The van der Waals surface area contributed by atoms with Crippen molar-refractivity contribution in [3.63, 3.8) is 0 Å². The third-order valence-corrected chi connectivity index (χ3v) is 6.11. The first-order chi connectivity index (χ1) is 12.8. The smallest absolute Gasteiger partial charge is 0.263 e. The predicted octanol–water partition coefficient (Wildman–Crippen LogP) is 5.54. The van der Waals surface area contributed by atoms with Crippen LogP contribution in [-0.4, -0.2) is 13.1 Å². The molecule has 4 rings (SSSR count). The normalized spacial score (nSPS) is 15.0. The summed E-state index contributed by atoms with van der Waals surface area (Å²) in [6, 6.07) is 17.5. The van der Waals surface area contributed by atoms with Gasteiger partial charge in [-0.1, -0.05) is 42.2 Å². The van der Waals surface area contributed by atoms with Crippen LogP contribution >= 0.6 is 11.3 Å². The number of allylic oxidation sites excluding steroid dienone is 1. The Morgan fingerprint density at radius 3 is 2.50 bits per heavy atom. The molecule has 1 fully saturated rings. The van der Waals surface area contributed by atoms with Gasteiger partial charge in [-0.2, -0.15) is 4.57 Å². The van der Waals surface area contributed by atoms with Gasteiger partial charge in [-0.15, -0.1) is 0 Å². The number of piperidine rings is 1. The molecule has 0 unspecified atom stereocenters. The molecule has 2 aromatic carbocycles. The summed E-state index contributed by atoms with van der Waals surface area (Å²) in [5.74, 6) is 0. The molecule has 132 valence electrons. The fourth-order valence-electron chi connectivity index (χ4n) is 3.61. The fraction of sp³-hybridized carbons (Fsp3) is 0.261. The van der Waals surface area contributed by atoms with E-state index in [0.717, 1.165) is 6.54 Å². The van der Waals surface area contributed by atoms with E-state index < -0.39 is 0 Å². The highest BCUT2D eigenvalue weighted by atomic mass is 32.1. The molecule has 1 aliphatic heterocycles. The summed E-state index contributed by atoms with van der Waals surface area (Å²) >= 11 is 1.83. The van der Waals surface area contributed by atoms with Gasteiger partial charge in [0.25, 0.3) is 5.01 Å². The van der Waals surface area contributed by atoms with Crippen molar-refractivity contribution in [3.8, 4) is 0 Å². The van der Waals surface area contributed by atoms with Crippen molar-refractivity contribution in [2.24, 2.45) is 0 Å². The Morgan fingerprint density at radius 1 is 0.962 bits per heavy atom. The molecule has 1 aliphatic rings. The van der Waals surface area contributed by atoms with Crippen LogP contribution in [0.1, 0.15) is 29.8 Å². The number of para-hydroxylation sites is 1. The van der Waals surface area contributed by atoms with E-state index in [1.165, 1.54) is 58.8 Å². The quantitative estimate of drug-likeness (QED) is 0.428. The molecule has 0 radical (unpaired) electrons. The number of hydrogen-bond donors (Lipinski definition) is 0. The van der Waals surface area contributed by atoms with Gasteiger partial charge in [0, 0.05) is 30.9 Å². The molecular weight excluding hydrogens is 336 g/mol. The highest BCUT2D eigenvalue weighted by molar-refractivity contribution is 7.18. The number of anilines is 1. The second-order valence-corrected chi connectivity index (χ2v) is 7.84. The lowest BCUT2D eigenvalue weighted by molar-refractivity contribution is -0.658. The second kappa shape index (κ2) is 7.88. The van der Waals surface area contributed by atoms with Gasteiger partial charge in [0.2, 0.25) is 5.52 Å². The van der Waals surface area contributed by atoms with Gasteiger partial charge in [-0.25, -0.2) is 0 Å². The maximum Gasteiger partial charge on any atom is 0.263 e. The Labute approximate surface area is 159 Å². The zero-order chi connectivity index (χ0) is 17.8. The van der Waals surface area contributed by atoms with Crippen molar-refractivity contribution in [1.82, 2.24) is 0 Å². The number of nitrogens with zero attached hydrogens (tertiary/aromatic N) is 2. The van der Waals surface area contributed by atoms with Crippen molar-refractivity contribution >= 4 is 39.4 Å². The molecule has 0 atom stereocenters. The molecule has 0 amide bonds. The van der Waals surface area contributed by atoms with Gasteiger partial charge >= 0.3 is 0 Å². The van der Waals surface area contributed by atoms with Crippen LogP contribution in [0.15, 0.2) is 61.2 Å². The van der Waals surface area contributed by atoms with E-state index in [-0.39, 0.29) is 0 Å². The van der Waals surface area contributed by atoms with Crippen LogP contribution in [-0.2, 0) is 6.54 Å². The van der Waals surface area contributed by atoms with Crippen molar-refractivity contribution in [2.45, 2.75) is 25.8 Å². The van der Waals surface area contributed by atoms with Crippen LogP contribution in [0.4, 0.5) is 5.69 Å². The first-order valence-corrected chi connectivity index (χ1v) is 10.2. The lowest BCUT2D eigenvalue weighted by atomic mass is 10.1. The van der Waals surface area contributed by atoms with E-state index in [4.69, 9.17) is 0 Å². The summed E-state index contributed by atoms with van der Waals surface area (Å²) in [6.07, 6.45) is 10.4. The number of rotatable bonds is 5. The minimum atomic E-state index is 0.831. The molecule has 3 heteroatoms. The number of aromatic nitrogens is 1. The minimum absolute atomic E-state index is 0.831. The van der Waals surface area contributed by atoms with E-state index in [1.54, 1.807) is 0 Å². The third-order valence-electron chi connectivity index (χ3n) is 4.98. The zero-order valence-electron chi connectivity index (χ0n) is 15.1. The second-order valence-electron chi connectivity index (χ2n) is 6.78. The minimum Gasteiger partial charge on any atom is -0.372 e. The zero-order valence-corrected chi connectivity index (χ0v) is 15.9. The van der Waals surface area contributed by atoms with E-state index in [9.17, 15) is 0 Å². The summed E-state index contributed by atoms with van der Waals surface area (Å²) in [5, 5.41) is 1.26. The average Bonchev–Trinajstić information content (AvgIpc) is 3.05. The van der Waals surface area contributed by atoms with Gasteiger partial charge in [-0.05, 0) is 55.2 Å². The highest BCUT2D eigenvalue weighted by Gasteiger charge is 2.16. The van der Waals surface area contributed by atoms with E-state index in [1.807, 2.05) is 17.4 Å². The Balaban J connectivity index is 1.57. The lowest BCUT2D eigenvalue weighted by Crippen LogP contribution is -2.33. The third kappa shape index (κ3) is 3.58. The summed E-state index contributed by atoms with van der Waals surface area (Å²) in [4.78, 5) is 2.50. The first kappa shape index (κ1) is 17.0. The maximum atomic E-state index is 3.91. The summed E-state index contributed by atoms with van der Waals surface area (Å²) < 4.78 is 3.64. The maximum absolute atomic E-state index is 3.91. The molecule has 1 aromatic heterocycles. The van der Waals surface area contributed by atoms with E-state index in [0.29, 0.717) is 0 Å². The van der Waals surface area contributed by atoms with Gasteiger partial charge < -0.3 is 4.90 Å². The van der Waals surface area contributed by atoms with Gasteiger partial charge in [0.15, 0.2) is 6.54 Å². The largest absolute Gasteiger partial charge is 0.372 e. The van der Waals surface area contributed by atoms with Crippen LogP contribution in [0.25, 0.3) is 22.4 Å². The van der Waals surface area contributed by atoms with Crippen LogP contribution in [0.5, 0.6) is 0 Å². The molecule has 26 heavy (non-hydrogen) atoms. The first-order valence-electron chi connectivity index (χ1n) is 9.40. The van der Waals surface area contributed by atoms with Crippen LogP contribution in [0, 0.1) is 0 Å². The molecule has 0 spiro atoms. The van der Waals surface area contributed by atoms with Crippen molar-refractivity contribution in [1.29, 1.82) is 0 Å². The molecule has 0 bridgehead atoms. The molecule has 1 saturated heterocycles. The van der Waals surface area contributed by atoms with Crippen molar-refractivity contribution < 1.29 is 4.57 Å². The molecule has 0 N–H and O–H groups in total. The average molecular weight is 362 g/mol. The molecular formula is C23H25N2S+. The lowest BCUT2D eigenvalue weighted by Gasteiger charge is -2.28. The molecule has 0 aliphatic carbocycles. The van der Waals surface area contributed by atoms with Crippen molar-refractivity contribution in [2.75, 3.05) is 18.0 Å². The van der Waals surface area contributed by atoms with E-state index >= 15 is 0 Å². The molecule has 3 aromatic rings. The number of benzene rings is 2. The van der Waals surface area contributed by atoms with Gasteiger partial charge in [0.05, 0.1) is 0 Å². The molecule has 2 heterocycles. The summed E-state index contributed by atoms with van der Waals surface area (Å²) in [7, 11) is 0. The van der Waals surface area contributed by atoms with Crippen LogP contribution < -0.4 is 9.47 Å². The topological polar surface area (TPSA) is 7.12 Å². The SMILES string of the molecule is C=CC[n+]1c(/C=C/c2ccc(N3CCCCC3)cc2)sc2ccccc21. The van der Waals surface area contributed by atoms with Crippen LogP contribution in [0.2, 0.25) is 0 Å². The Bertz CT molecular complexity index is 915. The van der Waals surface area contributed by atoms with Crippen LogP contribution in [0.3, 0.4) is 0 Å².